The van der Waals surface area contributed by atoms with Gasteiger partial charge in [0.25, 0.3) is 0 Å². The summed E-state index contributed by atoms with van der Waals surface area (Å²) in [6.07, 6.45) is 0. The molecule has 0 aliphatic carbocycles. The zero-order valence-corrected chi connectivity index (χ0v) is 13.5. The molecule has 4 rings (SSSR count). The highest BCUT2D eigenvalue weighted by atomic mass is 32.1. The fraction of sp³-hybridized carbons (Fsp3) is 0. The molecule has 0 atom stereocenters. The number of hydrogen-bond donors (Lipinski definition) is 0. The maximum atomic E-state index is 4.94. The topological polar surface area (TPSA) is 12.9 Å². The molecule has 0 N–H and O–H groups in total. The van der Waals surface area contributed by atoms with Crippen molar-refractivity contribution in [3.63, 3.8) is 0 Å². The molecule has 0 amide bonds. The highest BCUT2D eigenvalue weighted by Gasteiger charge is 2.13. The van der Waals surface area contributed by atoms with Crippen molar-refractivity contribution in [3.05, 3.63) is 64.7 Å². The van der Waals surface area contributed by atoms with Crippen LogP contribution in [0.5, 0.6) is 0 Å². The first-order valence-corrected chi connectivity index (χ1v) is 9.18. The third-order valence-electron chi connectivity index (χ3n) is 3.21. The van der Waals surface area contributed by atoms with Gasteiger partial charge in [0, 0.05) is 10.4 Å². The van der Waals surface area contributed by atoms with Gasteiger partial charge in [-0.15, -0.1) is 34.0 Å². The second-order valence-electron chi connectivity index (χ2n) is 4.52. The minimum absolute atomic E-state index is 1.05. The van der Waals surface area contributed by atoms with E-state index in [1.807, 2.05) is 0 Å². The van der Waals surface area contributed by atoms with E-state index in [2.05, 4.69) is 64.7 Å². The summed E-state index contributed by atoms with van der Waals surface area (Å²) < 4.78 is 0. The summed E-state index contributed by atoms with van der Waals surface area (Å²) >= 11 is 5.23. The van der Waals surface area contributed by atoms with Gasteiger partial charge in [-0.1, -0.05) is 18.2 Å². The quantitative estimate of drug-likeness (QED) is 0.433. The molecule has 0 radical (unpaired) electrons. The highest BCUT2D eigenvalue weighted by molar-refractivity contribution is 7.14. The molecule has 0 aliphatic heterocycles. The molecule has 4 heterocycles. The number of hydrogen-bond acceptors (Lipinski definition) is 4. The van der Waals surface area contributed by atoms with Gasteiger partial charge in [0.05, 0.1) is 21.1 Å². The Morgan fingerprint density at radius 3 is 1.86 bits per heavy atom. The largest absolute Gasteiger partial charge is 0.245 e. The predicted octanol–water partition coefficient (Wildman–Crippen LogP) is 6.27. The summed E-state index contributed by atoms with van der Waals surface area (Å²) in [4.78, 5) is 8.64. The van der Waals surface area contributed by atoms with Crippen molar-refractivity contribution in [2.45, 2.75) is 0 Å². The second-order valence-corrected chi connectivity index (χ2v) is 7.37. The van der Waals surface area contributed by atoms with Crippen molar-refractivity contribution >= 4 is 34.0 Å². The van der Waals surface area contributed by atoms with Crippen molar-refractivity contribution in [2.75, 3.05) is 0 Å². The fourth-order valence-electron chi connectivity index (χ4n) is 2.25. The molecule has 0 aromatic carbocycles. The Labute approximate surface area is 135 Å². The lowest BCUT2D eigenvalue weighted by molar-refractivity contribution is 1.35. The standard InChI is InChI=1S/C17H11NS3/c1-4-14(19-9-1)12-7-8-13(15-5-2-10-20-15)18-17(12)16-6-3-11-21-16/h1-11H. The second kappa shape index (κ2) is 5.56. The summed E-state index contributed by atoms with van der Waals surface area (Å²) in [5.41, 5.74) is 3.35. The first-order chi connectivity index (χ1) is 10.4. The molecule has 21 heavy (non-hydrogen) atoms. The van der Waals surface area contributed by atoms with Crippen LogP contribution in [0, 0.1) is 0 Å². The van der Waals surface area contributed by atoms with Crippen LogP contribution in [0.3, 0.4) is 0 Å². The summed E-state index contributed by atoms with van der Waals surface area (Å²) in [7, 11) is 0. The molecule has 0 spiro atoms. The zero-order chi connectivity index (χ0) is 14.1. The van der Waals surface area contributed by atoms with Crippen molar-refractivity contribution in [2.24, 2.45) is 0 Å². The average molecular weight is 325 g/mol. The summed E-state index contributed by atoms with van der Waals surface area (Å²) in [5.74, 6) is 0. The number of thiophene rings is 3. The summed E-state index contributed by atoms with van der Waals surface area (Å²) in [6, 6.07) is 17.0. The van der Waals surface area contributed by atoms with Gasteiger partial charge in [-0.25, -0.2) is 4.98 Å². The van der Waals surface area contributed by atoms with Gasteiger partial charge in [0.1, 0.15) is 0 Å². The lowest BCUT2D eigenvalue weighted by atomic mass is 10.1. The van der Waals surface area contributed by atoms with Crippen LogP contribution in [0.1, 0.15) is 0 Å². The van der Waals surface area contributed by atoms with E-state index >= 15 is 0 Å². The monoisotopic (exact) mass is 325 g/mol. The van der Waals surface area contributed by atoms with Crippen LogP contribution in [0.2, 0.25) is 0 Å². The SMILES string of the molecule is c1csc(-c2ccc(-c3cccs3)c(-c3cccs3)n2)c1. The fourth-order valence-corrected chi connectivity index (χ4v) is 4.43. The molecule has 1 nitrogen and oxygen atoms in total. The third-order valence-corrected chi connectivity index (χ3v) is 5.88. The lowest BCUT2D eigenvalue weighted by Gasteiger charge is -2.08. The smallest absolute Gasteiger partial charge is 0.0896 e. The van der Waals surface area contributed by atoms with Gasteiger partial charge in [-0.2, -0.15) is 0 Å². The van der Waals surface area contributed by atoms with Crippen molar-refractivity contribution in [1.29, 1.82) is 0 Å². The Hall–Kier alpha value is -1.75. The molecular weight excluding hydrogens is 314 g/mol. The molecular formula is C17H11NS3. The van der Waals surface area contributed by atoms with Crippen LogP contribution in [0.15, 0.2) is 64.7 Å². The molecule has 4 aromatic heterocycles. The zero-order valence-electron chi connectivity index (χ0n) is 11.0. The summed E-state index contributed by atoms with van der Waals surface area (Å²) in [6.45, 7) is 0. The van der Waals surface area contributed by atoms with Gasteiger partial charge in [-0.05, 0) is 46.5 Å². The van der Waals surface area contributed by atoms with Crippen LogP contribution in [-0.2, 0) is 0 Å². The Kier molecular flexibility index (Phi) is 3.43. The van der Waals surface area contributed by atoms with Crippen molar-refractivity contribution < 1.29 is 0 Å². The van der Waals surface area contributed by atoms with Gasteiger partial charge in [-0.3, -0.25) is 0 Å². The van der Waals surface area contributed by atoms with Crippen LogP contribution in [0.4, 0.5) is 0 Å². The van der Waals surface area contributed by atoms with E-state index in [0.717, 1.165) is 11.4 Å². The van der Waals surface area contributed by atoms with Gasteiger partial charge in [0.2, 0.25) is 0 Å². The van der Waals surface area contributed by atoms with Gasteiger partial charge in [0.15, 0.2) is 0 Å². The van der Waals surface area contributed by atoms with E-state index in [1.165, 1.54) is 20.2 Å². The molecule has 4 heteroatoms. The molecule has 0 bridgehead atoms. The van der Waals surface area contributed by atoms with E-state index in [0.29, 0.717) is 0 Å². The van der Waals surface area contributed by atoms with Gasteiger partial charge < -0.3 is 0 Å². The molecule has 4 aromatic rings. The molecule has 0 saturated carbocycles. The van der Waals surface area contributed by atoms with Crippen LogP contribution in [-0.4, -0.2) is 4.98 Å². The van der Waals surface area contributed by atoms with Crippen LogP contribution in [0.25, 0.3) is 31.6 Å². The highest BCUT2D eigenvalue weighted by Crippen LogP contribution is 2.37. The average Bonchev–Trinajstić information content (AvgIpc) is 3.28. The number of pyridine rings is 1. The Balaban J connectivity index is 1.92. The molecule has 0 aliphatic rings. The van der Waals surface area contributed by atoms with Crippen molar-refractivity contribution in [1.82, 2.24) is 4.98 Å². The van der Waals surface area contributed by atoms with E-state index < -0.39 is 0 Å². The minimum atomic E-state index is 1.05. The van der Waals surface area contributed by atoms with E-state index in [4.69, 9.17) is 4.98 Å². The van der Waals surface area contributed by atoms with E-state index in [9.17, 15) is 0 Å². The Morgan fingerprint density at radius 1 is 0.619 bits per heavy atom. The lowest BCUT2D eigenvalue weighted by Crippen LogP contribution is -1.88. The molecule has 0 fully saturated rings. The normalized spacial score (nSPS) is 10.9. The van der Waals surface area contributed by atoms with Crippen LogP contribution >= 0.6 is 34.0 Å². The van der Waals surface area contributed by atoms with Gasteiger partial charge >= 0.3 is 0 Å². The number of aromatic nitrogens is 1. The first kappa shape index (κ1) is 13.0. The number of rotatable bonds is 3. The third kappa shape index (κ3) is 2.46. The van der Waals surface area contributed by atoms with Crippen LogP contribution < -0.4 is 0 Å². The Morgan fingerprint density at radius 2 is 1.24 bits per heavy atom. The predicted molar refractivity (Wildman–Crippen MR) is 94.2 cm³/mol. The van der Waals surface area contributed by atoms with Crippen molar-refractivity contribution in [3.8, 4) is 31.6 Å². The molecule has 0 unspecified atom stereocenters. The molecule has 102 valence electrons. The summed E-state index contributed by atoms with van der Waals surface area (Å²) in [5, 5.41) is 6.31. The maximum absolute atomic E-state index is 4.94. The van der Waals surface area contributed by atoms with E-state index in [1.54, 1.807) is 34.0 Å². The van der Waals surface area contributed by atoms with E-state index in [-0.39, 0.29) is 0 Å². The molecule has 0 saturated heterocycles. The first-order valence-electron chi connectivity index (χ1n) is 6.54. The number of nitrogens with zero attached hydrogens (tertiary/aromatic N) is 1. The maximum Gasteiger partial charge on any atom is 0.0896 e. The minimum Gasteiger partial charge on any atom is -0.245 e. The Bertz CT molecular complexity index is 828.